The molecule has 26 heavy (non-hydrogen) atoms. The summed E-state index contributed by atoms with van der Waals surface area (Å²) >= 11 is 1.53. The van der Waals surface area contributed by atoms with Gasteiger partial charge in [-0.25, -0.2) is 0 Å². The second kappa shape index (κ2) is 7.53. The molecule has 2 fully saturated rings. The molecule has 3 heterocycles. The van der Waals surface area contributed by atoms with Crippen LogP contribution < -0.4 is 0 Å². The Morgan fingerprint density at radius 3 is 2.69 bits per heavy atom. The molecule has 4 rings (SSSR count). The lowest BCUT2D eigenvalue weighted by Gasteiger charge is -2.46. The van der Waals surface area contributed by atoms with Gasteiger partial charge in [-0.05, 0) is 62.0 Å². The van der Waals surface area contributed by atoms with Crippen molar-refractivity contribution in [3.05, 3.63) is 57.8 Å². The van der Waals surface area contributed by atoms with E-state index in [0.29, 0.717) is 5.92 Å². The highest BCUT2D eigenvalue weighted by Gasteiger charge is 2.41. The van der Waals surface area contributed by atoms with Crippen LogP contribution in [0.5, 0.6) is 0 Å². The number of thiophene rings is 1. The maximum Gasteiger partial charge on any atom is 0.263 e. The summed E-state index contributed by atoms with van der Waals surface area (Å²) in [5.74, 6) is 0.868. The van der Waals surface area contributed by atoms with Gasteiger partial charge in [0.1, 0.15) is 0 Å². The fourth-order valence-electron chi connectivity index (χ4n) is 4.38. The predicted octanol–water partition coefficient (Wildman–Crippen LogP) is 4.70. The van der Waals surface area contributed by atoms with Crippen LogP contribution in [0, 0.1) is 12.8 Å². The Morgan fingerprint density at radius 2 is 2.00 bits per heavy atom. The third-order valence-corrected chi connectivity index (χ3v) is 6.79. The molecule has 2 aromatic rings. The number of ether oxygens (including phenoxy) is 1. The Hall–Kier alpha value is -1.65. The third-order valence-electron chi connectivity index (χ3n) is 5.93. The highest BCUT2D eigenvalue weighted by molar-refractivity contribution is 7.12. The third kappa shape index (κ3) is 3.86. The zero-order chi connectivity index (χ0) is 18.0. The number of carbonyl (C=O) groups is 1. The molecular weight excluding hydrogens is 342 g/mol. The van der Waals surface area contributed by atoms with Gasteiger partial charge in [0.05, 0.1) is 10.5 Å². The van der Waals surface area contributed by atoms with Gasteiger partial charge < -0.3 is 9.64 Å². The summed E-state index contributed by atoms with van der Waals surface area (Å²) in [6.45, 7) is 4.62. The first-order valence-electron chi connectivity index (χ1n) is 9.66. The van der Waals surface area contributed by atoms with Gasteiger partial charge in [0.15, 0.2) is 0 Å². The first-order chi connectivity index (χ1) is 12.6. The lowest BCUT2D eigenvalue weighted by molar-refractivity contribution is -0.123. The summed E-state index contributed by atoms with van der Waals surface area (Å²) in [5.41, 5.74) is 2.74. The maximum absolute atomic E-state index is 12.6. The summed E-state index contributed by atoms with van der Waals surface area (Å²) in [6.07, 6.45) is 5.35. The van der Waals surface area contributed by atoms with Gasteiger partial charge >= 0.3 is 0 Å². The maximum atomic E-state index is 12.6. The Labute approximate surface area is 160 Å². The van der Waals surface area contributed by atoms with Crippen molar-refractivity contribution in [1.82, 2.24) is 4.90 Å². The molecule has 2 saturated heterocycles. The smallest absolute Gasteiger partial charge is 0.263 e. The van der Waals surface area contributed by atoms with Gasteiger partial charge in [-0.2, -0.15) is 0 Å². The van der Waals surface area contributed by atoms with Gasteiger partial charge in [0, 0.05) is 19.7 Å². The molecule has 1 amide bonds. The van der Waals surface area contributed by atoms with Gasteiger partial charge in [-0.15, -0.1) is 11.3 Å². The molecule has 2 aliphatic rings. The summed E-state index contributed by atoms with van der Waals surface area (Å²) in [5, 5.41) is 1.97. The number of hydrogen-bond donors (Lipinski definition) is 0. The zero-order valence-electron chi connectivity index (χ0n) is 15.4. The number of hydrogen-bond acceptors (Lipinski definition) is 3. The number of aryl methyl sites for hydroxylation is 1. The van der Waals surface area contributed by atoms with Crippen molar-refractivity contribution in [3.63, 3.8) is 0 Å². The fourth-order valence-corrected chi connectivity index (χ4v) is 5.07. The normalized spacial score (nSPS) is 22.5. The molecule has 4 heteroatoms. The zero-order valence-corrected chi connectivity index (χ0v) is 16.3. The molecule has 1 unspecified atom stereocenters. The van der Waals surface area contributed by atoms with Crippen LogP contribution in [-0.4, -0.2) is 36.1 Å². The standard InChI is InChI=1S/C22H27NO2S/c1-17-4-6-18(7-5-17)15-19-8-13-25-22(16-19)9-11-23(12-10-22)21(24)20-3-2-14-26-20/h2-7,14,19H,8-13,15-16H2,1H3. The monoisotopic (exact) mass is 369 g/mol. The summed E-state index contributed by atoms with van der Waals surface area (Å²) < 4.78 is 6.28. The average Bonchev–Trinajstić information content (AvgIpc) is 3.19. The molecule has 138 valence electrons. The van der Waals surface area contributed by atoms with Crippen LogP contribution in [0.1, 0.15) is 46.5 Å². The van der Waals surface area contributed by atoms with E-state index in [2.05, 4.69) is 31.2 Å². The van der Waals surface area contributed by atoms with E-state index in [4.69, 9.17) is 4.74 Å². The van der Waals surface area contributed by atoms with Gasteiger partial charge in [0.2, 0.25) is 0 Å². The number of likely N-dealkylation sites (tertiary alicyclic amines) is 1. The Kier molecular flexibility index (Phi) is 5.14. The minimum atomic E-state index is -0.0140. The van der Waals surface area contributed by atoms with Crippen LogP contribution >= 0.6 is 11.3 Å². The largest absolute Gasteiger partial charge is 0.375 e. The Balaban J connectivity index is 1.35. The summed E-state index contributed by atoms with van der Waals surface area (Å²) in [4.78, 5) is 15.4. The molecule has 1 aromatic carbocycles. The number of piperidine rings is 1. The summed E-state index contributed by atoms with van der Waals surface area (Å²) in [7, 11) is 0. The molecule has 0 N–H and O–H groups in total. The molecule has 2 aliphatic heterocycles. The topological polar surface area (TPSA) is 29.5 Å². The minimum Gasteiger partial charge on any atom is -0.375 e. The van der Waals surface area contributed by atoms with E-state index in [1.54, 1.807) is 0 Å². The Morgan fingerprint density at radius 1 is 1.23 bits per heavy atom. The van der Waals surface area contributed by atoms with Crippen molar-refractivity contribution in [2.24, 2.45) is 5.92 Å². The van der Waals surface area contributed by atoms with Gasteiger partial charge in [-0.3, -0.25) is 4.79 Å². The van der Waals surface area contributed by atoms with E-state index in [0.717, 1.165) is 56.7 Å². The first kappa shape index (κ1) is 17.7. The molecule has 1 atom stereocenters. The molecule has 1 spiro atoms. The number of carbonyl (C=O) groups excluding carboxylic acids is 1. The molecular formula is C22H27NO2S. The van der Waals surface area contributed by atoms with Crippen LogP contribution in [0.15, 0.2) is 41.8 Å². The average molecular weight is 370 g/mol. The van der Waals surface area contributed by atoms with E-state index in [1.165, 1.54) is 22.5 Å². The second-order valence-corrected chi connectivity index (χ2v) is 8.80. The van der Waals surface area contributed by atoms with Crippen molar-refractivity contribution in [1.29, 1.82) is 0 Å². The number of benzene rings is 1. The van der Waals surface area contributed by atoms with Crippen LogP contribution in [0.3, 0.4) is 0 Å². The molecule has 3 nitrogen and oxygen atoms in total. The van der Waals surface area contributed by atoms with E-state index in [-0.39, 0.29) is 11.5 Å². The van der Waals surface area contributed by atoms with Crippen molar-refractivity contribution in [2.45, 2.75) is 44.6 Å². The molecule has 1 aromatic heterocycles. The molecule has 0 bridgehead atoms. The van der Waals surface area contributed by atoms with Crippen molar-refractivity contribution in [3.8, 4) is 0 Å². The molecule has 0 aliphatic carbocycles. The van der Waals surface area contributed by atoms with E-state index in [9.17, 15) is 4.79 Å². The lowest BCUT2D eigenvalue weighted by atomic mass is 9.77. The number of amides is 1. The second-order valence-electron chi connectivity index (χ2n) is 7.85. The summed E-state index contributed by atoms with van der Waals surface area (Å²) in [6, 6.07) is 12.8. The van der Waals surface area contributed by atoms with E-state index in [1.807, 2.05) is 22.4 Å². The van der Waals surface area contributed by atoms with Crippen molar-refractivity contribution >= 4 is 17.2 Å². The number of nitrogens with zero attached hydrogens (tertiary/aromatic N) is 1. The fraction of sp³-hybridized carbons (Fsp3) is 0.500. The molecule has 0 radical (unpaired) electrons. The quantitative estimate of drug-likeness (QED) is 0.785. The van der Waals surface area contributed by atoms with Crippen molar-refractivity contribution < 1.29 is 9.53 Å². The number of rotatable bonds is 3. The van der Waals surface area contributed by atoms with Crippen LogP contribution in [-0.2, 0) is 11.2 Å². The molecule has 0 saturated carbocycles. The highest BCUT2D eigenvalue weighted by Crippen LogP contribution is 2.39. The highest BCUT2D eigenvalue weighted by atomic mass is 32.1. The van der Waals surface area contributed by atoms with Crippen LogP contribution in [0.2, 0.25) is 0 Å². The van der Waals surface area contributed by atoms with Crippen molar-refractivity contribution in [2.75, 3.05) is 19.7 Å². The SMILES string of the molecule is Cc1ccc(CC2CCOC3(CCN(C(=O)c4cccs4)CC3)C2)cc1. The van der Waals surface area contributed by atoms with Gasteiger partial charge in [0.25, 0.3) is 5.91 Å². The lowest BCUT2D eigenvalue weighted by Crippen LogP contribution is -2.50. The van der Waals surface area contributed by atoms with Crippen LogP contribution in [0.4, 0.5) is 0 Å². The van der Waals surface area contributed by atoms with E-state index < -0.39 is 0 Å². The van der Waals surface area contributed by atoms with Gasteiger partial charge in [-0.1, -0.05) is 35.9 Å². The predicted molar refractivity (Wildman–Crippen MR) is 106 cm³/mol. The minimum absolute atomic E-state index is 0.0140. The van der Waals surface area contributed by atoms with E-state index >= 15 is 0 Å². The van der Waals surface area contributed by atoms with Crippen LogP contribution in [0.25, 0.3) is 0 Å². The first-order valence-corrected chi connectivity index (χ1v) is 10.5. The Bertz CT molecular complexity index is 730.